The molecule has 0 aromatic heterocycles. The number of benzene rings is 2. The third-order valence-electron chi connectivity index (χ3n) is 6.20. The molecule has 0 fully saturated rings. The number of hydrogen-bond acceptors (Lipinski definition) is 2. The standard InChI is InChI=1S/C27H36N2/c1-7-10-22-12-14-24-23-13-11-21(2)19-25(23)27(26(24)20-22,15-8-17-28(3)4)16-9-18-29(5)6/h11-14,19-20H,8-9,15-18H2,1-6H3. The van der Waals surface area contributed by atoms with Crippen molar-refractivity contribution in [2.45, 2.75) is 44.9 Å². The summed E-state index contributed by atoms with van der Waals surface area (Å²) < 4.78 is 0. The summed E-state index contributed by atoms with van der Waals surface area (Å²) in [6, 6.07) is 13.9. The Balaban J connectivity index is 2.13. The van der Waals surface area contributed by atoms with Gasteiger partial charge in [-0.25, -0.2) is 0 Å². The van der Waals surface area contributed by atoms with Gasteiger partial charge in [0.1, 0.15) is 0 Å². The van der Waals surface area contributed by atoms with Crippen LogP contribution < -0.4 is 0 Å². The normalized spacial score (nSPS) is 13.9. The van der Waals surface area contributed by atoms with Gasteiger partial charge in [0.2, 0.25) is 0 Å². The quantitative estimate of drug-likeness (QED) is 0.565. The van der Waals surface area contributed by atoms with E-state index in [9.17, 15) is 0 Å². The van der Waals surface area contributed by atoms with Gasteiger partial charge in [-0.3, -0.25) is 0 Å². The molecule has 2 aromatic carbocycles. The second kappa shape index (κ2) is 9.16. The number of hydrogen-bond donors (Lipinski definition) is 0. The van der Waals surface area contributed by atoms with Gasteiger partial charge in [-0.1, -0.05) is 35.7 Å². The van der Waals surface area contributed by atoms with E-state index >= 15 is 0 Å². The van der Waals surface area contributed by atoms with E-state index in [1.807, 2.05) is 6.92 Å². The molecule has 0 aliphatic heterocycles. The van der Waals surface area contributed by atoms with Crippen LogP contribution in [0, 0.1) is 18.8 Å². The van der Waals surface area contributed by atoms with Gasteiger partial charge in [-0.05, 0) is 115 Å². The first kappa shape index (κ1) is 21.6. The monoisotopic (exact) mass is 388 g/mol. The Morgan fingerprint density at radius 3 is 1.90 bits per heavy atom. The topological polar surface area (TPSA) is 6.48 Å². The fourth-order valence-corrected chi connectivity index (χ4v) is 4.89. The molecule has 0 radical (unpaired) electrons. The fraction of sp³-hybridized carbons (Fsp3) is 0.481. The fourth-order valence-electron chi connectivity index (χ4n) is 4.89. The van der Waals surface area contributed by atoms with Crippen LogP contribution in [-0.2, 0) is 5.41 Å². The van der Waals surface area contributed by atoms with Gasteiger partial charge in [-0.2, -0.15) is 0 Å². The maximum Gasteiger partial charge on any atom is 0.0248 e. The van der Waals surface area contributed by atoms with Crippen LogP contribution in [0.25, 0.3) is 11.1 Å². The first-order valence-corrected chi connectivity index (χ1v) is 10.9. The molecule has 1 aliphatic carbocycles. The molecular weight excluding hydrogens is 352 g/mol. The summed E-state index contributed by atoms with van der Waals surface area (Å²) in [4.78, 5) is 4.61. The Bertz CT molecular complexity index is 898. The average Bonchev–Trinajstić information content (AvgIpc) is 2.91. The van der Waals surface area contributed by atoms with E-state index in [-0.39, 0.29) is 5.41 Å². The Kier molecular flexibility index (Phi) is 6.83. The lowest BCUT2D eigenvalue weighted by Gasteiger charge is -2.34. The van der Waals surface area contributed by atoms with Crippen molar-refractivity contribution >= 4 is 0 Å². The second-order valence-corrected chi connectivity index (χ2v) is 9.08. The lowest BCUT2D eigenvalue weighted by atomic mass is 9.70. The van der Waals surface area contributed by atoms with Crippen molar-refractivity contribution in [3.63, 3.8) is 0 Å². The Hall–Kier alpha value is -2.08. The minimum absolute atomic E-state index is 0.0914. The summed E-state index contributed by atoms with van der Waals surface area (Å²) >= 11 is 0. The summed E-state index contributed by atoms with van der Waals surface area (Å²) in [6.45, 7) is 6.40. The molecule has 29 heavy (non-hydrogen) atoms. The second-order valence-electron chi connectivity index (χ2n) is 9.08. The molecule has 0 amide bonds. The smallest absolute Gasteiger partial charge is 0.0248 e. The van der Waals surface area contributed by atoms with Gasteiger partial charge in [0.15, 0.2) is 0 Å². The zero-order valence-corrected chi connectivity index (χ0v) is 19.1. The molecule has 1 aliphatic rings. The zero-order valence-electron chi connectivity index (χ0n) is 19.1. The molecule has 0 spiro atoms. The minimum atomic E-state index is 0.0914. The number of rotatable bonds is 8. The molecule has 0 saturated carbocycles. The zero-order chi connectivity index (χ0) is 21.0. The van der Waals surface area contributed by atoms with Gasteiger partial charge in [0, 0.05) is 11.0 Å². The summed E-state index contributed by atoms with van der Waals surface area (Å²) in [5.74, 6) is 6.38. The highest BCUT2D eigenvalue weighted by Gasteiger charge is 2.42. The van der Waals surface area contributed by atoms with Gasteiger partial charge >= 0.3 is 0 Å². The molecule has 2 heteroatoms. The lowest BCUT2D eigenvalue weighted by Crippen LogP contribution is -2.29. The van der Waals surface area contributed by atoms with Crippen molar-refractivity contribution in [1.29, 1.82) is 0 Å². The molecule has 2 aromatic rings. The molecule has 0 N–H and O–H groups in total. The third kappa shape index (κ3) is 4.58. The highest BCUT2D eigenvalue weighted by Crippen LogP contribution is 2.54. The lowest BCUT2D eigenvalue weighted by molar-refractivity contribution is 0.328. The summed E-state index contributed by atoms with van der Waals surface area (Å²) in [7, 11) is 8.70. The van der Waals surface area contributed by atoms with Gasteiger partial charge < -0.3 is 9.80 Å². The molecule has 3 rings (SSSR count). The number of aryl methyl sites for hydroxylation is 1. The largest absolute Gasteiger partial charge is 0.309 e. The summed E-state index contributed by atoms with van der Waals surface area (Å²) in [6.07, 6.45) is 4.77. The average molecular weight is 389 g/mol. The molecule has 0 atom stereocenters. The molecular formula is C27H36N2. The maximum atomic E-state index is 3.30. The van der Waals surface area contributed by atoms with Crippen LogP contribution in [0.2, 0.25) is 0 Å². The van der Waals surface area contributed by atoms with Gasteiger partial charge in [-0.15, -0.1) is 5.92 Å². The van der Waals surface area contributed by atoms with E-state index in [2.05, 4.69) is 93.2 Å². The van der Waals surface area contributed by atoms with E-state index in [4.69, 9.17) is 0 Å². The number of nitrogens with zero attached hydrogens (tertiary/aromatic N) is 2. The van der Waals surface area contributed by atoms with Crippen molar-refractivity contribution in [3.05, 3.63) is 58.7 Å². The molecule has 0 bridgehead atoms. The SMILES string of the molecule is CC#Cc1ccc2c(c1)C(CCCN(C)C)(CCCN(C)C)c1cc(C)ccc1-2. The van der Waals surface area contributed by atoms with Crippen LogP contribution in [0.15, 0.2) is 36.4 Å². The van der Waals surface area contributed by atoms with Crippen LogP contribution in [0.3, 0.4) is 0 Å². The van der Waals surface area contributed by atoms with Crippen molar-refractivity contribution < 1.29 is 0 Å². The molecule has 2 nitrogen and oxygen atoms in total. The molecule has 0 saturated heterocycles. The Labute approximate surface area is 177 Å². The van der Waals surface area contributed by atoms with Crippen LogP contribution in [0.5, 0.6) is 0 Å². The Morgan fingerprint density at radius 1 is 0.793 bits per heavy atom. The van der Waals surface area contributed by atoms with Gasteiger partial charge in [0.25, 0.3) is 0 Å². The first-order valence-electron chi connectivity index (χ1n) is 10.9. The van der Waals surface area contributed by atoms with Crippen molar-refractivity contribution in [2.24, 2.45) is 0 Å². The van der Waals surface area contributed by atoms with E-state index in [1.165, 1.54) is 53.5 Å². The minimum Gasteiger partial charge on any atom is -0.309 e. The number of fused-ring (bicyclic) bond motifs is 3. The van der Waals surface area contributed by atoms with E-state index in [1.54, 1.807) is 0 Å². The summed E-state index contributed by atoms with van der Waals surface area (Å²) in [5.41, 5.74) is 8.46. The predicted octanol–water partition coefficient (Wildman–Crippen LogP) is 5.32. The van der Waals surface area contributed by atoms with Crippen LogP contribution in [0.4, 0.5) is 0 Å². The van der Waals surface area contributed by atoms with E-state index in [0.717, 1.165) is 18.7 Å². The van der Waals surface area contributed by atoms with E-state index < -0.39 is 0 Å². The van der Waals surface area contributed by atoms with Crippen molar-refractivity contribution in [1.82, 2.24) is 9.80 Å². The highest BCUT2D eigenvalue weighted by atomic mass is 15.1. The maximum absolute atomic E-state index is 3.30. The molecule has 0 unspecified atom stereocenters. The van der Waals surface area contributed by atoms with Crippen molar-refractivity contribution in [3.8, 4) is 23.0 Å². The van der Waals surface area contributed by atoms with Crippen molar-refractivity contribution in [2.75, 3.05) is 41.3 Å². The van der Waals surface area contributed by atoms with Gasteiger partial charge in [0.05, 0.1) is 0 Å². The predicted molar refractivity (Wildman–Crippen MR) is 126 cm³/mol. The first-order chi connectivity index (χ1) is 13.9. The van der Waals surface area contributed by atoms with Crippen LogP contribution >= 0.6 is 0 Å². The molecule has 0 heterocycles. The van der Waals surface area contributed by atoms with Crippen LogP contribution in [-0.4, -0.2) is 51.1 Å². The summed E-state index contributed by atoms with van der Waals surface area (Å²) in [5, 5.41) is 0. The van der Waals surface area contributed by atoms with E-state index in [0.29, 0.717) is 0 Å². The highest BCUT2D eigenvalue weighted by molar-refractivity contribution is 5.82. The molecule has 154 valence electrons. The Morgan fingerprint density at radius 2 is 1.34 bits per heavy atom. The van der Waals surface area contributed by atoms with Crippen LogP contribution in [0.1, 0.15) is 54.9 Å². The third-order valence-corrected chi connectivity index (χ3v) is 6.20.